The molecule has 2 fully saturated rings. The molecule has 0 saturated heterocycles. The summed E-state index contributed by atoms with van der Waals surface area (Å²) in [4.78, 5) is 0. The topological polar surface area (TPSA) is 0 Å². The number of fused-ring (bicyclic) bond motifs is 2. The van der Waals surface area contributed by atoms with Crippen LogP contribution >= 0.6 is 24.8 Å². The van der Waals surface area contributed by atoms with E-state index in [0.29, 0.717) is 0 Å². The van der Waals surface area contributed by atoms with Crippen LogP contribution in [-0.4, -0.2) is 6.88 Å². The Bertz CT molecular complexity index is 1990. The van der Waals surface area contributed by atoms with Crippen molar-refractivity contribution in [3.05, 3.63) is 145 Å². The molecule has 0 N–H and O–H groups in total. The van der Waals surface area contributed by atoms with Crippen molar-refractivity contribution in [2.45, 2.75) is 142 Å². The van der Waals surface area contributed by atoms with Crippen molar-refractivity contribution in [2.24, 2.45) is 0 Å². The molecule has 2 aliphatic rings. The van der Waals surface area contributed by atoms with E-state index in [0.717, 1.165) is 11.8 Å². The van der Waals surface area contributed by atoms with Crippen LogP contribution in [0.25, 0.3) is 43.8 Å². The van der Waals surface area contributed by atoms with Crippen LogP contribution in [0.3, 0.4) is 0 Å². The summed E-state index contributed by atoms with van der Waals surface area (Å²) in [7, 11) is 0. The maximum absolute atomic E-state index is 3.06. The van der Waals surface area contributed by atoms with E-state index in [2.05, 4.69) is 159 Å². The van der Waals surface area contributed by atoms with Gasteiger partial charge in [0, 0.05) is 0 Å². The molecule has 2 saturated carbocycles. The number of rotatable bonds is 4. The molecule has 0 nitrogen and oxygen atoms in total. The Hall–Kier alpha value is -2.22. The third-order valence-electron chi connectivity index (χ3n) is 12.6. The fourth-order valence-corrected chi connectivity index (χ4v) is 9.80. The molecular formula is C54H70Cl2SiZr-4. The van der Waals surface area contributed by atoms with Gasteiger partial charge in [0.15, 0.2) is 0 Å². The van der Waals surface area contributed by atoms with Crippen molar-refractivity contribution in [1.82, 2.24) is 0 Å². The van der Waals surface area contributed by atoms with Gasteiger partial charge in [-0.15, -0.1) is 93.9 Å². The summed E-state index contributed by atoms with van der Waals surface area (Å²) in [5, 5.41) is 5.62. The van der Waals surface area contributed by atoms with Gasteiger partial charge in [-0.3, -0.25) is 0 Å². The average Bonchev–Trinajstić information content (AvgIpc) is 3.74. The summed E-state index contributed by atoms with van der Waals surface area (Å²) < 4.78 is 0. The molecule has 0 spiro atoms. The van der Waals surface area contributed by atoms with E-state index < -0.39 is 0 Å². The molecule has 6 aromatic rings. The molecule has 4 heteroatoms. The summed E-state index contributed by atoms with van der Waals surface area (Å²) in [6.07, 6.45) is 13.9. The normalized spacial score (nSPS) is 14.7. The molecule has 58 heavy (non-hydrogen) atoms. The molecule has 0 aliphatic heterocycles. The van der Waals surface area contributed by atoms with E-state index in [9.17, 15) is 0 Å². The van der Waals surface area contributed by atoms with Crippen LogP contribution in [0.4, 0.5) is 0 Å². The molecule has 2 radical (unpaired) electrons. The Kier molecular flexibility index (Phi) is 20.2. The van der Waals surface area contributed by atoms with Gasteiger partial charge >= 0.3 is 30.2 Å². The Morgan fingerprint density at radius 1 is 0.483 bits per heavy atom. The SMILES string of the molecule is Cc1c(C(C)(C)C)[cH-]c2cccc(-c3ccc(C4CCCCC4)cc3)c12.Cc1c(C(C)(C)C)[cH-]c2cccc(-c3ccc(C4CCCCC4)cc3)c12.Cl.Cl.[CH3-].[CH3-].[Si]=[Zr]. The Balaban J connectivity index is 0.000000360. The van der Waals surface area contributed by atoms with Gasteiger partial charge in [0.05, 0.1) is 0 Å². The van der Waals surface area contributed by atoms with Crippen LogP contribution in [0, 0.1) is 28.7 Å². The number of aryl methyl sites for hydroxylation is 2. The van der Waals surface area contributed by atoms with Crippen molar-refractivity contribution in [2.75, 3.05) is 0 Å². The molecule has 0 unspecified atom stereocenters. The van der Waals surface area contributed by atoms with Gasteiger partial charge in [0.25, 0.3) is 0 Å². The molecule has 0 amide bonds. The maximum atomic E-state index is 3.06. The summed E-state index contributed by atoms with van der Waals surface area (Å²) >= 11 is 1.36. The van der Waals surface area contributed by atoms with Crippen molar-refractivity contribution < 1.29 is 23.3 Å². The van der Waals surface area contributed by atoms with Gasteiger partial charge in [-0.25, -0.2) is 0 Å². The zero-order valence-corrected chi connectivity index (χ0v) is 42.4. The molecule has 0 bridgehead atoms. The van der Waals surface area contributed by atoms with E-state index in [1.54, 1.807) is 0 Å². The number of halogens is 2. The van der Waals surface area contributed by atoms with Gasteiger partial charge in [-0.05, 0) is 70.6 Å². The van der Waals surface area contributed by atoms with E-state index in [1.165, 1.54) is 165 Å². The Morgan fingerprint density at radius 3 is 1.09 bits per heavy atom. The van der Waals surface area contributed by atoms with E-state index in [1.807, 2.05) is 0 Å². The van der Waals surface area contributed by atoms with Crippen LogP contribution in [0.2, 0.25) is 0 Å². The molecule has 6 aromatic carbocycles. The molecular weight excluding hydrogens is 839 g/mol. The Labute approximate surface area is 383 Å². The number of hydrogen-bond donors (Lipinski definition) is 0. The minimum atomic E-state index is 0. The summed E-state index contributed by atoms with van der Waals surface area (Å²) in [5.41, 5.74) is 14.7. The second-order valence-electron chi connectivity index (χ2n) is 18.3. The predicted octanol–water partition coefficient (Wildman–Crippen LogP) is 17.1. The molecule has 312 valence electrons. The fraction of sp³-hybridized carbons (Fsp3) is 0.407. The van der Waals surface area contributed by atoms with Crippen molar-refractivity contribution in [3.63, 3.8) is 0 Å². The first-order valence-electron chi connectivity index (χ1n) is 20.7. The molecule has 0 heterocycles. The molecule has 0 aromatic heterocycles. The first-order chi connectivity index (χ1) is 25.9. The zero-order valence-electron chi connectivity index (χ0n) is 37.3. The van der Waals surface area contributed by atoms with Gasteiger partial charge in [-0.1, -0.05) is 166 Å². The first kappa shape index (κ1) is 51.9. The quantitative estimate of drug-likeness (QED) is 0.122. The third kappa shape index (κ3) is 11.6. The Morgan fingerprint density at radius 2 is 0.793 bits per heavy atom. The first-order valence-corrected chi connectivity index (χ1v) is 24.9. The van der Waals surface area contributed by atoms with E-state index in [-0.39, 0.29) is 50.5 Å². The minimum absolute atomic E-state index is 0. The van der Waals surface area contributed by atoms with Gasteiger partial charge < -0.3 is 14.9 Å². The van der Waals surface area contributed by atoms with Crippen LogP contribution in [0.1, 0.15) is 151 Å². The second-order valence-corrected chi connectivity index (χ2v) is 18.3. The predicted molar refractivity (Wildman–Crippen MR) is 262 cm³/mol. The molecule has 2 aliphatic carbocycles. The van der Waals surface area contributed by atoms with Gasteiger partial charge in [-0.2, -0.15) is 11.1 Å². The summed E-state index contributed by atoms with van der Waals surface area (Å²) in [6.45, 7) is 21.5. The van der Waals surface area contributed by atoms with Crippen LogP contribution in [0.15, 0.2) is 97.1 Å². The summed E-state index contributed by atoms with van der Waals surface area (Å²) in [5.74, 6) is 1.56. The molecule has 8 rings (SSSR count). The van der Waals surface area contributed by atoms with Gasteiger partial charge in [0.1, 0.15) is 0 Å². The molecule has 0 atom stereocenters. The van der Waals surface area contributed by atoms with Crippen molar-refractivity contribution >= 4 is 53.2 Å². The standard InChI is InChI=1S/2C26H31.2CH3.2ClH.Si.Zr/c2*1-18-24(26(2,3)4)17-22-11-8-12-23(25(18)22)21-15-13-20(14-16-21)19-9-6-5-7-10-19;;;;;;/h2*8,11-17,19H,5-7,9-10H2,1-4H3;2*1H3;2*1H;;/q4*-1;;;;. The third-order valence-corrected chi connectivity index (χ3v) is 12.6. The van der Waals surface area contributed by atoms with Crippen LogP contribution < -0.4 is 0 Å². The number of benzene rings is 4. The van der Waals surface area contributed by atoms with Crippen LogP contribution in [0.5, 0.6) is 0 Å². The van der Waals surface area contributed by atoms with Crippen LogP contribution in [-0.2, 0) is 34.2 Å². The van der Waals surface area contributed by atoms with E-state index in [4.69, 9.17) is 0 Å². The van der Waals surface area contributed by atoms with Crippen molar-refractivity contribution in [1.29, 1.82) is 0 Å². The van der Waals surface area contributed by atoms with Gasteiger partial charge in [0.2, 0.25) is 0 Å². The van der Waals surface area contributed by atoms with E-state index >= 15 is 0 Å². The summed E-state index contributed by atoms with van der Waals surface area (Å²) in [6, 6.07) is 37.2. The average molecular weight is 909 g/mol. The van der Waals surface area contributed by atoms with Crippen molar-refractivity contribution in [3.8, 4) is 22.3 Å². The fourth-order valence-electron chi connectivity index (χ4n) is 9.80. The zero-order chi connectivity index (χ0) is 38.6. The second kappa shape index (κ2) is 22.6. The number of hydrogen-bond acceptors (Lipinski definition) is 0. The monoisotopic (exact) mass is 906 g/mol.